The molecule has 168 valence electrons. The number of sulfonamides is 1. The molecule has 0 bridgehead atoms. The Hall–Kier alpha value is -1.97. The Balaban J connectivity index is 2.05. The topological polar surface area (TPSA) is 105 Å². The van der Waals surface area contributed by atoms with Crippen LogP contribution in [0.5, 0.6) is 0 Å². The first-order chi connectivity index (χ1) is 14.2. The first kappa shape index (κ1) is 24.3. The average Bonchev–Trinajstić information content (AvgIpc) is 2.67. The van der Waals surface area contributed by atoms with Gasteiger partial charge in [-0.2, -0.15) is 4.31 Å². The summed E-state index contributed by atoms with van der Waals surface area (Å²) >= 11 is 0. The van der Waals surface area contributed by atoms with E-state index in [0.717, 1.165) is 36.0 Å². The van der Waals surface area contributed by atoms with Crippen LogP contribution >= 0.6 is 0 Å². The molecule has 1 fully saturated rings. The van der Waals surface area contributed by atoms with Crippen molar-refractivity contribution in [2.75, 3.05) is 33.4 Å². The van der Waals surface area contributed by atoms with E-state index >= 15 is 0 Å². The number of aryl methyl sites for hydroxylation is 3. The highest BCUT2D eigenvalue weighted by Crippen LogP contribution is 2.31. The molecular formula is C21H33N3O5S. The zero-order valence-corrected chi connectivity index (χ0v) is 19.1. The van der Waals surface area contributed by atoms with Gasteiger partial charge in [-0.25, -0.2) is 8.42 Å². The van der Waals surface area contributed by atoms with E-state index in [2.05, 4.69) is 10.6 Å². The van der Waals surface area contributed by atoms with Crippen LogP contribution < -0.4 is 10.6 Å². The fourth-order valence-electron chi connectivity index (χ4n) is 4.05. The number of methoxy groups -OCH3 is 1. The maximum Gasteiger partial charge on any atom is 0.309 e. The van der Waals surface area contributed by atoms with Gasteiger partial charge in [0, 0.05) is 32.8 Å². The number of nitrogens with zero attached hydrogens (tertiary/aromatic N) is 1. The monoisotopic (exact) mass is 439 g/mol. The molecule has 0 aliphatic carbocycles. The summed E-state index contributed by atoms with van der Waals surface area (Å²) in [5, 5.41) is 5.05. The van der Waals surface area contributed by atoms with Crippen molar-refractivity contribution in [3.8, 4) is 0 Å². The van der Waals surface area contributed by atoms with Crippen molar-refractivity contribution >= 4 is 21.8 Å². The first-order valence-corrected chi connectivity index (χ1v) is 11.8. The van der Waals surface area contributed by atoms with Gasteiger partial charge in [-0.15, -0.1) is 0 Å². The zero-order chi connectivity index (χ0) is 22.3. The normalized spacial score (nSPS) is 17.5. The summed E-state index contributed by atoms with van der Waals surface area (Å²) in [6.07, 6.45) is 2.95. The predicted octanol–water partition coefficient (Wildman–Crippen LogP) is 1.42. The van der Waals surface area contributed by atoms with Crippen molar-refractivity contribution in [3.05, 3.63) is 28.8 Å². The van der Waals surface area contributed by atoms with Gasteiger partial charge in [0.05, 0.1) is 11.5 Å². The number of carbonyl (C=O) groups excluding carboxylic acids is 2. The number of amides is 2. The summed E-state index contributed by atoms with van der Waals surface area (Å²) < 4.78 is 33.3. The number of nitrogens with one attached hydrogen (secondary N) is 2. The Morgan fingerprint density at radius 2 is 1.67 bits per heavy atom. The third-order valence-electron chi connectivity index (χ3n) is 5.31. The maximum atomic E-state index is 13.5. The van der Waals surface area contributed by atoms with Crippen molar-refractivity contribution in [2.45, 2.75) is 57.4 Å². The quantitative estimate of drug-likeness (QED) is 0.471. The molecule has 0 unspecified atom stereocenters. The van der Waals surface area contributed by atoms with Crippen molar-refractivity contribution in [3.63, 3.8) is 0 Å². The average molecular weight is 440 g/mol. The molecule has 1 aliphatic heterocycles. The highest BCUT2D eigenvalue weighted by atomic mass is 32.2. The molecule has 1 aromatic rings. The molecule has 1 saturated heterocycles. The van der Waals surface area contributed by atoms with Gasteiger partial charge in [0.15, 0.2) is 0 Å². The van der Waals surface area contributed by atoms with Gasteiger partial charge in [-0.05, 0) is 51.2 Å². The smallest absolute Gasteiger partial charge is 0.309 e. The van der Waals surface area contributed by atoms with Crippen molar-refractivity contribution in [1.82, 2.24) is 14.9 Å². The maximum absolute atomic E-state index is 13.5. The fourth-order valence-corrected chi connectivity index (χ4v) is 6.19. The molecular weight excluding hydrogens is 406 g/mol. The molecule has 2 amide bonds. The Labute approximate surface area is 179 Å². The lowest BCUT2D eigenvalue weighted by Crippen LogP contribution is -2.46. The van der Waals surface area contributed by atoms with Crippen LogP contribution in [-0.4, -0.2) is 63.9 Å². The largest absolute Gasteiger partial charge is 0.383 e. The van der Waals surface area contributed by atoms with E-state index in [9.17, 15) is 18.0 Å². The van der Waals surface area contributed by atoms with Gasteiger partial charge in [0.25, 0.3) is 0 Å². The minimum absolute atomic E-state index is 0.208. The van der Waals surface area contributed by atoms with Gasteiger partial charge in [-0.3, -0.25) is 9.59 Å². The molecule has 2 rings (SSSR count). The molecule has 1 heterocycles. The number of benzene rings is 1. The van der Waals surface area contributed by atoms with Crippen LogP contribution in [0, 0.1) is 20.8 Å². The lowest BCUT2D eigenvalue weighted by molar-refractivity contribution is -0.139. The summed E-state index contributed by atoms with van der Waals surface area (Å²) in [5.74, 6) is -1.44. The minimum atomic E-state index is -3.64. The van der Waals surface area contributed by atoms with Crippen LogP contribution in [0.3, 0.4) is 0 Å². The number of carbonyl (C=O) groups is 2. The van der Waals surface area contributed by atoms with E-state index in [1.807, 2.05) is 32.9 Å². The van der Waals surface area contributed by atoms with Crippen LogP contribution in [-0.2, 0) is 24.3 Å². The molecule has 0 aromatic heterocycles. The summed E-state index contributed by atoms with van der Waals surface area (Å²) in [4.78, 5) is 24.0. The Bertz CT molecular complexity index is 846. The van der Waals surface area contributed by atoms with E-state index in [-0.39, 0.29) is 19.1 Å². The predicted molar refractivity (Wildman–Crippen MR) is 115 cm³/mol. The number of rotatable bonds is 8. The number of hydrogen-bond donors (Lipinski definition) is 2. The molecule has 9 heteroatoms. The van der Waals surface area contributed by atoms with Gasteiger partial charge >= 0.3 is 11.8 Å². The fraction of sp³-hybridized carbons (Fsp3) is 0.619. The summed E-state index contributed by atoms with van der Waals surface area (Å²) in [5.41, 5.74) is 2.53. The lowest BCUT2D eigenvalue weighted by Gasteiger charge is -2.35. The second kappa shape index (κ2) is 10.9. The second-order valence-electron chi connectivity index (χ2n) is 7.79. The highest BCUT2D eigenvalue weighted by Gasteiger charge is 2.35. The SMILES string of the molecule is COCCNC(=O)C(=O)NCC[C@@H]1CCCCN1S(=O)(=O)c1c(C)cc(C)cc1C. The molecule has 30 heavy (non-hydrogen) atoms. The van der Waals surface area contributed by atoms with Gasteiger partial charge in [0.1, 0.15) is 0 Å². The van der Waals surface area contributed by atoms with Gasteiger partial charge in [0.2, 0.25) is 10.0 Å². The summed E-state index contributed by atoms with van der Waals surface area (Å²) in [7, 11) is -2.13. The van der Waals surface area contributed by atoms with Crippen molar-refractivity contribution in [1.29, 1.82) is 0 Å². The molecule has 1 aliphatic rings. The van der Waals surface area contributed by atoms with E-state index in [1.54, 1.807) is 4.31 Å². The third kappa shape index (κ3) is 6.02. The van der Waals surface area contributed by atoms with Crippen LogP contribution in [0.25, 0.3) is 0 Å². The van der Waals surface area contributed by atoms with Crippen LogP contribution in [0.15, 0.2) is 17.0 Å². The Morgan fingerprint density at radius 3 is 2.27 bits per heavy atom. The lowest BCUT2D eigenvalue weighted by atomic mass is 10.0. The molecule has 0 spiro atoms. The zero-order valence-electron chi connectivity index (χ0n) is 18.3. The van der Waals surface area contributed by atoms with Gasteiger partial charge < -0.3 is 15.4 Å². The third-order valence-corrected chi connectivity index (χ3v) is 7.56. The molecule has 2 N–H and O–H groups in total. The van der Waals surface area contributed by atoms with E-state index in [0.29, 0.717) is 24.5 Å². The summed E-state index contributed by atoms with van der Waals surface area (Å²) in [6.45, 7) is 6.89. The van der Waals surface area contributed by atoms with E-state index in [4.69, 9.17) is 4.74 Å². The minimum Gasteiger partial charge on any atom is -0.383 e. The van der Waals surface area contributed by atoms with E-state index < -0.39 is 21.8 Å². The second-order valence-corrected chi connectivity index (χ2v) is 9.61. The van der Waals surface area contributed by atoms with Crippen molar-refractivity contribution < 1.29 is 22.7 Å². The number of piperidine rings is 1. The first-order valence-electron chi connectivity index (χ1n) is 10.3. The number of hydrogen-bond acceptors (Lipinski definition) is 5. The van der Waals surface area contributed by atoms with Crippen LogP contribution in [0.4, 0.5) is 0 Å². The van der Waals surface area contributed by atoms with Crippen LogP contribution in [0.1, 0.15) is 42.4 Å². The Morgan fingerprint density at radius 1 is 1.07 bits per heavy atom. The standard InChI is InChI=1S/C21H33N3O5S/c1-15-13-16(2)19(17(3)14-15)30(27,28)24-11-6-5-7-18(24)8-9-22-20(25)21(26)23-10-12-29-4/h13-14,18H,5-12H2,1-4H3,(H,22,25)(H,23,26)/t18-/m0/s1. The molecule has 0 saturated carbocycles. The Kier molecular flexibility index (Phi) is 8.81. The molecule has 1 aromatic carbocycles. The van der Waals surface area contributed by atoms with Gasteiger partial charge in [-0.1, -0.05) is 24.1 Å². The molecule has 0 radical (unpaired) electrons. The number of ether oxygens (including phenoxy) is 1. The van der Waals surface area contributed by atoms with Crippen LogP contribution in [0.2, 0.25) is 0 Å². The highest BCUT2D eigenvalue weighted by molar-refractivity contribution is 7.89. The molecule has 8 nitrogen and oxygen atoms in total. The summed E-state index contributed by atoms with van der Waals surface area (Å²) in [6, 6.07) is 3.57. The van der Waals surface area contributed by atoms with E-state index in [1.165, 1.54) is 7.11 Å². The molecule has 1 atom stereocenters. The van der Waals surface area contributed by atoms with Crippen molar-refractivity contribution in [2.24, 2.45) is 0 Å².